The molecule has 1 aromatic carbocycles. The summed E-state index contributed by atoms with van der Waals surface area (Å²) in [5, 5.41) is 13.1. The molecule has 0 aliphatic carbocycles. The third-order valence-corrected chi connectivity index (χ3v) is 3.48. The number of carbonyl (C=O) groups is 2. The maximum Gasteiger partial charge on any atom is 0.326 e. The number of aliphatic carboxylic acids is 1. The number of amides is 1. The van der Waals surface area contributed by atoms with Crippen LogP contribution in [0.2, 0.25) is 0 Å². The number of likely N-dealkylation sites (N-methyl/N-ethyl adjacent to an activating group) is 1. The number of nitrogens with zero attached hydrogens (tertiary/aromatic N) is 3. The molecule has 1 amide bonds. The van der Waals surface area contributed by atoms with Crippen molar-refractivity contribution in [2.75, 3.05) is 7.05 Å². The Morgan fingerprint density at radius 3 is 2.48 bits per heavy atom. The first-order valence-corrected chi connectivity index (χ1v) is 6.51. The van der Waals surface area contributed by atoms with Gasteiger partial charge in [0.15, 0.2) is 0 Å². The second kappa shape index (κ2) is 5.78. The number of carboxylic acids is 1. The maximum absolute atomic E-state index is 12.5. The first-order chi connectivity index (χ1) is 9.93. The Hall–Kier alpha value is -2.63. The number of carbonyl (C=O) groups excluding carboxylic acids is 1. The molecule has 2 rings (SSSR count). The van der Waals surface area contributed by atoms with Crippen LogP contribution in [-0.2, 0) is 11.8 Å². The monoisotopic (exact) mass is 287 g/mol. The number of benzene rings is 1. The molecule has 6 nitrogen and oxygen atoms in total. The lowest BCUT2D eigenvalue weighted by molar-refractivity contribution is -0.141. The fourth-order valence-corrected chi connectivity index (χ4v) is 2.06. The van der Waals surface area contributed by atoms with Crippen LogP contribution in [0.25, 0.3) is 11.3 Å². The molecule has 0 saturated carbocycles. The molecular formula is C15H17N3O3. The molecule has 1 atom stereocenters. The Morgan fingerprint density at radius 2 is 1.90 bits per heavy atom. The average molecular weight is 287 g/mol. The van der Waals surface area contributed by atoms with Gasteiger partial charge in [0.25, 0.3) is 5.91 Å². The number of rotatable bonds is 4. The van der Waals surface area contributed by atoms with Crippen LogP contribution >= 0.6 is 0 Å². The van der Waals surface area contributed by atoms with E-state index in [1.54, 1.807) is 11.7 Å². The predicted octanol–water partition coefficient (Wildman–Crippen LogP) is 1.63. The molecule has 0 fully saturated rings. The van der Waals surface area contributed by atoms with E-state index in [4.69, 9.17) is 5.11 Å². The molecule has 0 aliphatic heterocycles. The molecule has 1 heterocycles. The third kappa shape index (κ3) is 2.79. The van der Waals surface area contributed by atoms with Crippen LogP contribution in [0.3, 0.4) is 0 Å². The van der Waals surface area contributed by atoms with Crippen molar-refractivity contribution >= 4 is 11.9 Å². The summed E-state index contributed by atoms with van der Waals surface area (Å²) < 4.78 is 1.61. The second-order valence-electron chi connectivity index (χ2n) is 4.83. The minimum Gasteiger partial charge on any atom is -0.480 e. The SMILES string of the molecule is CC(C(=O)O)N(C)C(=O)c1cnn(C)c1-c1ccccc1. The summed E-state index contributed by atoms with van der Waals surface area (Å²) >= 11 is 0. The minimum absolute atomic E-state index is 0.364. The molecule has 1 unspecified atom stereocenters. The van der Waals surface area contributed by atoms with E-state index in [0.29, 0.717) is 11.3 Å². The smallest absolute Gasteiger partial charge is 0.326 e. The number of hydrogen-bond acceptors (Lipinski definition) is 3. The Labute approximate surface area is 122 Å². The van der Waals surface area contributed by atoms with Crippen LogP contribution < -0.4 is 0 Å². The van der Waals surface area contributed by atoms with Crippen molar-refractivity contribution in [1.82, 2.24) is 14.7 Å². The third-order valence-electron chi connectivity index (χ3n) is 3.48. The standard InChI is InChI=1S/C15H17N3O3/c1-10(15(20)21)17(2)14(19)12-9-16-18(3)13(12)11-7-5-4-6-8-11/h4-10H,1-3H3,(H,20,21). The highest BCUT2D eigenvalue weighted by molar-refractivity contribution is 6.01. The zero-order chi connectivity index (χ0) is 15.6. The fraction of sp³-hybridized carbons (Fsp3) is 0.267. The van der Waals surface area contributed by atoms with Gasteiger partial charge in [0, 0.05) is 19.7 Å². The topological polar surface area (TPSA) is 75.4 Å². The van der Waals surface area contributed by atoms with E-state index >= 15 is 0 Å². The van der Waals surface area contributed by atoms with Crippen molar-refractivity contribution < 1.29 is 14.7 Å². The van der Waals surface area contributed by atoms with Gasteiger partial charge in [-0.1, -0.05) is 30.3 Å². The van der Waals surface area contributed by atoms with Crippen LogP contribution in [0.5, 0.6) is 0 Å². The average Bonchev–Trinajstić information content (AvgIpc) is 2.87. The predicted molar refractivity (Wildman–Crippen MR) is 77.8 cm³/mol. The van der Waals surface area contributed by atoms with Gasteiger partial charge in [-0.2, -0.15) is 5.10 Å². The molecule has 6 heteroatoms. The first kappa shape index (κ1) is 14.8. The molecule has 1 aromatic heterocycles. The van der Waals surface area contributed by atoms with Gasteiger partial charge in [0.2, 0.25) is 0 Å². The highest BCUT2D eigenvalue weighted by Gasteiger charge is 2.26. The molecule has 21 heavy (non-hydrogen) atoms. The Morgan fingerprint density at radius 1 is 1.29 bits per heavy atom. The van der Waals surface area contributed by atoms with Crippen LogP contribution in [-0.4, -0.2) is 44.8 Å². The maximum atomic E-state index is 12.5. The van der Waals surface area contributed by atoms with Crippen LogP contribution in [0.15, 0.2) is 36.5 Å². The van der Waals surface area contributed by atoms with Crippen molar-refractivity contribution in [3.8, 4) is 11.3 Å². The lowest BCUT2D eigenvalue weighted by Crippen LogP contribution is -2.40. The zero-order valence-electron chi connectivity index (χ0n) is 12.1. The minimum atomic E-state index is -1.05. The Kier molecular flexibility index (Phi) is 4.07. The largest absolute Gasteiger partial charge is 0.480 e. The van der Waals surface area contributed by atoms with Gasteiger partial charge in [-0.25, -0.2) is 4.79 Å². The van der Waals surface area contributed by atoms with E-state index in [0.717, 1.165) is 5.56 Å². The highest BCUT2D eigenvalue weighted by Crippen LogP contribution is 2.24. The first-order valence-electron chi connectivity index (χ1n) is 6.51. The summed E-state index contributed by atoms with van der Waals surface area (Å²) in [4.78, 5) is 24.7. The molecule has 1 N–H and O–H groups in total. The molecule has 0 bridgehead atoms. The molecule has 0 spiro atoms. The van der Waals surface area contributed by atoms with Gasteiger partial charge in [-0.05, 0) is 6.92 Å². The van der Waals surface area contributed by atoms with Gasteiger partial charge >= 0.3 is 5.97 Å². The van der Waals surface area contributed by atoms with Crippen molar-refractivity contribution in [1.29, 1.82) is 0 Å². The van der Waals surface area contributed by atoms with Crippen LogP contribution in [0, 0.1) is 0 Å². The number of aromatic nitrogens is 2. The summed E-state index contributed by atoms with van der Waals surface area (Å²) in [6, 6.07) is 8.50. The molecule has 110 valence electrons. The van der Waals surface area contributed by atoms with Crippen LogP contribution in [0.4, 0.5) is 0 Å². The van der Waals surface area contributed by atoms with Gasteiger partial charge in [0.1, 0.15) is 6.04 Å². The van der Waals surface area contributed by atoms with Gasteiger partial charge < -0.3 is 10.0 Å². The van der Waals surface area contributed by atoms with E-state index in [2.05, 4.69) is 5.10 Å². The van der Waals surface area contributed by atoms with Crippen molar-refractivity contribution in [2.45, 2.75) is 13.0 Å². The normalized spacial score (nSPS) is 12.0. The molecule has 0 radical (unpaired) electrons. The Balaban J connectivity index is 2.42. The summed E-state index contributed by atoms with van der Waals surface area (Å²) in [6.45, 7) is 1.47. The molecule has 0 saturated heterocycles. The van der Waals surface area contributed by atoms with Crippen molar-refractivity contribution in [2.24, 2.45) is 7.05 Å². The van der Waals surface area contributed by atoms with Crippen molar-refractivity contribution in [3.05, 3.63) is 42.1 Å². The van der Waals surface area contributed by atoms with Crippen LogP contribution in [0.1, 0.15) is 17.3 Å². The number of hydrogen-bond donors (Lipinski definition) is 1. The summed E-state index contributed by atoms with van der Waals surface area (Å²) in [7, 11) is 3.22. The van der Waals surface area contributed by atoms with E-state index in [1.807, 2.05) is 30.3 Å². The summed E-state index contributed by atoms with van der Waals surface area (Å²) in [5.74, 6) is -1.41. The van der Waals surface area contributed by atoms with E-state index in [9.17, 15) is 9.59 Å². The van der Waals surface area contributed by atoms with Gasteiger partial charge in [0.05, 0.1) is 17.5 Å². The summed E-state index contributed by atoms with van der Waals surface area (Å²) in [6.07, 6.45) is 1.47. The lowest BCUT2D eigenvalue weighted by atomic mass is 10.1. The van der Waals surface area contributed by atoms with Crippen molar-refractivity contribution in [3.63, 3.8) is 0 Å². The zero-order valence-corrected chi connectivity index (χ0v) is 12.1. The Bertz CT molecular complexity index is 664. The number of aryl methyl sites for hydroxylation is 1. The van der Waals surface area contributed by atoms with Gasteiger partial charge in [-0.15, -0.1) is 0 Å². The lowest BCUT2D eigenvalue weighted by Gasteiger charge is -2.21. The van der Waals surface area contributed by atoms with E-state index in [1.165, 1.54) is 25.1 Å². The quantitative estimate of drug-likeness (QED) is 0.927. The second-order valence-corrected chi connectivity index (χ2v) is 4.83. The molecular weight excluding hydrogens is 270 g/mol. The summed E-state index contributed by atoms with van der Waals surface area (Å²) in [5.41, 5.74) is 1.92. The van der Waals surface area contributed by atoms with Gasteiger partial charge in [-0.3, -0.25) is 9.48 Å². The van der Waals surface area contributed by atoms with E-state index in [-0.39, 0.29) is 5.91 Å². The fourth-order valence-electron chi connectivity index (χ4n) is 2.06. The highest BCUT2D eigenvalue weighted by atomic mass is 16.4. The molecule has 0 aliphatic rings. The van der Waals surface area contributed by atoms with E-state index < -0.39 is 12.0 Å². The number of carboxylic acid groups (broad SMARTS) is 1. The molecule has 2 aromatic rings.